The molecule has 1 spiro atoms. The average Bonchev–Trinajstić information content (AvgIpc) is 3.10. The van der Waals surface area contributed by atoms with E-state index in [1.165, 1.54) is 13.8 Å². The van der Waals surface area contributed by atoms with Gasteiger partial charge in [-0.25, -0.2) is 0 Å². The van der Waals surface area contributed by atoms with Gasteiger partial charge in [-0.1, -0.05) is 0 Å². The van der Waals surface area contributed by atoms with Gasteiger partial charge in [-0.05, 0) is 31.2 Å². The van der Waals surface area contributed by atoms with Crippen molar-refractivity contribution in [3.05, 3.63) is 29.8 Å². The molecular weight excluding hydrogens is 348 g/mol. The number of anilines is 1. The number of benzene rings is 1. The Hall–Kier alpha value is -2.25. The van der Waals surface area contributed by atoms with Crippen LogP contribution in [0, 0.1) is 0 Å². The van der Waals surface area contributed by atoms with Crippen LogP contribution in [0.4, 0.5) is 5.69 Å². The van der Waals surface area contributed by atoms with Crippen LogP contribution in [-0.4, -0.2) is 61.1 Å². The molecule has 2 aliphatic heterocycles. The van der Waals surface area contributed by atoms with Crippen molar-refractivity contribution in [2.45, 2.75) is 38.9 Å². The number of Topliss-reactive ketones (excluding diaryl/α,β-unsaturated/α-hetero) is 1. The summed E-state index contributed by atoms with van der Waals surface area (Å²) in [4.78, 5) is 39.4. The van der Waals surface area contributed by atoms with E-state index >= 15 is 0 Å². The van der Waals surface area contributed by atoms with Gasteiger partial charge in [0.1, 0.15) is 0 Å². The zero-order chi connectivity index (χ0) is 19.4. The van der Waals surface area contributed by atoms with Gasteiger partial charge in [-0.15, -0.1) is 0 Å². The van der Waals surface area contributed by atoms with E-state index in [4.69, 9.17) is 9.47 Å². The van der Waals surface area contributed by atoms with Crippen LogP contribution < -0.4 is 4.90 Å². The van der Waals surface area contributed by atoms with E-state index in [9.17, 15) is 14.4 Å². The highest BCUT2D eigenvalue weighted by atomic mass is 16.7. The summed E-state index contributed by atoms with van der Waals surface area (Å²) < 4.78 is 11.4. The number of amides is 2. The lowest BCUT2D eigenvalue weighted by Gasteiger charge is -2.37. The zero-order valence-electron chi connectivity index (χ0n) is 15.9. The van der Waals surface area contributed by atoms with E-state index in [0.29, 0.717) is 56.9 Å². The predicted octanol–water partition coefficient (Wildman–Crippen LogP) is 2.00. The molecule has 2 heterocycles. The third kappa shape index (κ3) is 4.54. The summed E-state index contributed by atoms with van der Waals surface area (Å²) in [5, 5.41) is 0. The van der Waals surface area contributed by atoms with Gasteiger partial charge in [0.15, 0.2) is 11.6 Å². The quantitative estimate of drug-likeness (QED) is 0.737. The van der Waals surface area contributed by atoms with Crippen LogP contribution >= 0.6 is 0 Å². The Balaban J connectivity index is 1.55. The van der Waals surface area contributed by atoms with Gasteiger partial charge in [0.05, 0.1) is 13.2 Å². The first-order valence-electron chi connectivity index (χ1n) is 9.35. The average molecular weight is 374 g/mol. The Bertz CT molecular complexity index is 700. The first kappa shape index (κ1) is 19.5. The highest BCUT2D eigenvalue weighted by molar-refractivity contribution is 5.96. The maximum Gasteiger partial charge on any atom is 0.224 e. The first-order chi connectivity index (χ1) is 12.9. The number of ether oxygens (including phenoxy) is 2. The molecule has 7 nitrogen and oxygen atoms in total. The molecule has 1 aromatic carbocycles. The number of hydrogen-bond acceptors (Lipinski definition) is 5. The van der Waals surface area contributed by atoms with E-state index in [0.717, 1.165) is 0 Å². The molecule has 7 heteroatoms. The Labute approximate surface area is 159 Å². The second-order valence-corrected chi connectivity index (χ2v) is 7.01. The molecule has 3 rings (SSSR count). The summed E-state index contributed by atoms with van der Waals surface area (Å²) in [5.74, 6) is -0.636. The van der Waals surface area contributed by atoms with Crippen LogP contribution in [0.3, 0.4) is 0 Å². The Kier molecular flexibility index (Phi) is 5.92. The second-order valence-electron chi connectivity index (χ2n) is 7.01. The SMILES string of the molecule is CC(=O)c1ccc(N(CCC(=O)N2CCC3(CC2)OCCO3)C(C)=O)cc1. The number of hydrogen-bond donors (Lipinski definition) is 0. The lowest BCUT2D eigenvalue weighted by atomic mass is 10.0. The van der Waals surface area contributed by atoms with E-state index in [-0.39, 0.29) is 24.0 Å². The number of nitrogens with zero attached hydrogens (tertiary/aromatic N) is 2. The molecule has 0 saturated carbocycles. The summed E-state index contributed by atoms with van der Waals surface area (Å²) in [6.07, 6.45) is 1.62. The van der Waals surface area contributed by atoms with Crippen LogP contribution in [0.2, 0.25) is 0 Å². The third-order valence-electron chi connectivity index (χ3n) is 5.21. The van der Waals surface area contributed by atoms with Crippen molar-refractivity contribution in [2.24, 2.45) is 0 Å². The fraction of sp³-hybridized carbons (Fsp3) is 0.550. The summed E-state index contributed by atoms with van der Waals surface area (Å²) in [7, 11) is 0. The maximum atomic E-state index is 12.6. The standard InChI is InChI=1S/C20H26N2O5/c1-15(23)17-3-5-18(6-4-17)22(16(2)24)10-7-19(25)21-11-8-20(9-12-21)26-13-14-27-20/h3-6H,7-14H2,1-2H3. The fourth-order valence-corrected chi connectivity index (χ4v) is 3.59. The molecule has 2 fully saturated rings. The monoisotopic (exact) mass is 374 g/mol. The number of likely N-dealkylation sites (tertiary alicyclic amines) is 1. The van der Waals surface area contributed by atoms with Crippen molar-refractivity contribution in [3.8, 4) is 0 Å². The summed E-state index contributed by atoms with van der Waals surface area (Å²) >= 11 is 0. The van der Waals surface area contributed by atoms with Crippen LogP contribution in [0.25, 0.3) is 0 Å². The van der Waals surface area contributed by atoms with Crippen LogP contribution in [0.15, 0.2) is 24.3 Å². The summed E-state index contributed by atoms with van der Waals surface area (Å²) in [6.45, 7) is 5.72. The molecule has 0 atom stereocenters. The molecule has 2 aliphatic rings. The molecule has 1 aromatic rings. The Morgan fingerprint density at radius 1 is 1.04 bits per heavy atom. The highest BCUT2D eigenvalue weighted by Crippen LogP contribution is 2.31. The predicted molar refractivity (Wildman–Crippen MR) is 99.5 cm³/mol. The third-order valence-corrected chi connectivity index (χ3v) is 5.21. The molecule has 0 unspecified atom stereocenters. The van der Waals surface area contributed by atoms with Crippen LogP contribution in [-0.2, 0) is 19.1 Å². The molecule has 0 bridgehead atoms. The molecule has 0 aromatic heterocycles. The van der Waals surface area contributed by atoms with Crippen molar-refractivity contribution in [1.29, 1.82) is 0 Å². The number of piperidine rings is 1. The number of ketones is 1. The lowest BCUT2D eigenvalue weighted by molar-refractivity contribution is -0.187. The van der Waals surface area contributed by atoms with Gasteiger partial charge in [-0.2, -0.15) is 0 Å². The van der Waals surface area contributed by atoms with Crippen molar-refractivity contribution >= 4 is 23.3 Å². The van der Waals surface area contributed by atoms with Crippen LogP contribution in [0.1, 0.15) is 43.5 Å². The van der Waals surface area contributed by atoms with Gasteiger partial charge in [0.2, 0.25) is 11.8 Å². The minimum absolute atomic E-state index is 0.0226. The molecule has 27 heavy (non-hydrogen) atoms. The molecule has 0 radical (unpaired) electrons. The normalized spacial score (nSPS) is 18.5. The fourth-order valence-electron chi connectivity index (χ4n) is 3.59. The van der Waals surface area contributed by atoms with Gasteiger partial charge < -0.3 is 19.3 Å². The minimum Gasteiger partial charge on any atom is -0.347 e. The number of carbonyl (C=O) groups excluding carboxylic acids is 3. The van der Waals surface area contributed by atoms with E-state index < -0.39 is 5.79 Å². The van der Waals surface area contributed by atoms with Gasteiger partial charge in [0, 0.05) is 57.1 Å². The van der Waals surface area contributed by atoms with Gasteiger partial charge in [0.25, 0.3) is 0 Å². The molecule has 0 N–H and O–H groups in total. The van der Waals surface area contributed by atoms with E-state index in [1.54, 1.807) is 29.2 Å². The van der Waals surface area contributed by atoms with E-state index in [2.05, 4.69) is 0 Å². The zero-order valence-corrected chi connectivity index (χ0v) is 15.9. The molecule has 2 saturated heterocycles. The Morgan fingerprint density at radius 3 is 2.15 bits per heavy atom. The number of carbonyl (C=O) groups is 3. The number of rotatable bonds is 5. The maximum absolute atomic E-state index is 12.6. The van der Waals surface area contributed by atoms with Crippen molar-refractivity contribution in [1.82, 2.24) is 4.90 Å². The largest absolute Gasteiger partial charge is 0.347 e. The van der Waals surface area contributed by atoms with Crippen molar-refractivity contribution < 1.29 is 23.9 Å². The summed E-state index contributed by atoms with van der Waals surface area (Å²) in [6, 6.07) is 6.87. The second kappa shape index (κ2) is 8.19. The van der Waals surface area contributed by atoms with Gasteiger partial charge >= 0.3 is 0 Å². The molecular formula is C20H26N2O5. The van der Waals surface area contributed by atoms with E-state index in [1.807, 2.05) is 4.90 Å². The smallest absolute Gasteiger partial charge is 0.224 e. The lowest BCUT2D eigenvalue weighted by Crippen LogP contribution is -2.48. The molecule has 0 aliphatic carbocycles. The van der Waals surface area contributed by atoms with Crippen LogP contribution in [0.5, 0.6) is 0 Å². The van der Waals surface area contributed by atoms with Crippen molar-refractivity contribution in [3.63, 3.8) is 0 Å². The van der Waals surface area contributed by atoms with Gasteiger partial charge in [-0.3, -0.25) is 14.4 Å². The highest BCUT2D eigenvalue weighted by Gasteiger charge is 2.40. The summed E-state index contributed by atoms with van der Waals surface area (Å²) in [5.41, 5.74) is 1.28. The molecule has 146 valence electrons. The van der Waals surface area contributed by atoms with Crippen molar-refractivity contribution in [2.75, 3.05) is 37.7 Å². The molecule has 2 amide bonds. The minimum atomic E-state index is -0.499. The topological polar surface area (TPSA) is 76.2 Å². The Morgan fingerprint density at radius 2 is 1.63 bits per heavy atom. The first-order valence-corrected chi connectivity index (χ1v) is 9.35.